The van der Waals surface area contributed by atoms with Crippen LogP contribution in [0, 0.1) is 0 Å². The summed E-state index contributed by atoms with van der Waals surface area (Å²) in [5.74, 6) is 0. The Kier molecular flexibility index (Phi) is 6.59. The molecule has 0 aliphatic rings. The van der Waals surface area contributed by atoms with Gasteiger partial charge in [-0.1, -0.05) is 19.8 Å². The summed E-state index contributed by atoms with van der Waals surface area (Å²) in [6.45, 7) is 2.95. The van der Waals surface area contributed by atoms with Crippen LogP contribution in [0.15, 0.2) is 0 Å². The minimum Gasteiger partial charge on any atom is -0.319 e. The van der Waals surface area contributed by atoms with E-state index in [4.69, 9.17) is 0 Å². The van der Waals surface area contributed by atoms with E-state index in [1.807, 2.05) is 0 Å². The van der Waals surface area contributed by atoms with Gasteiger partial charge in [-0.2, -0.15) is 0 Å². The molecular weight excluding hydrogens is 108 g/mol. The van der Waals surface area contributed by atoms with Gasteiger partial charge in [0.15, 0.2) is 0 Å². The second-order valence-corrected chi connectivity index (χ2v) is 1.80. The first-order valence-corrected chi connectivity index (χ1v) is 3.04. The summed E-state index contributed by atoms with van der Waals surface area (Å²) in [6, 6.07) is 0. The van der Waals surface area contributed by atoms with Crippen LogP contribution in [0.1, 0.15) is 26.2 Å². The summed E-state index contributed by atoms with van der Waals surface area (Å²) in [6.07, 6.45) is 3.64. The van der Waals surface area contributed by atoms with Gasteiger partial charge >= 0.3 is 0 Å². The van der Waals surface area contributed by atoms with Crippen molar-refractivity contribution in [3.63, 3.8) is 0 Å². The van der Waals surface area contributed by atoms with Crippen LogP contribution < -0.4 is 0 Å². The highest BCUT2D eigenvalue weighted by Gasteiger charge is 1.80. The second kappa shape index (κ2) is 6.31. The van der Waals surface area contributed by atoms with Crippen LogP contribution >= 0.6 is 12.9 Å². The van der Waals surface area contributed by atoms with E-state index in [9.17, 15) is 0 Å². The Labute approximate surface area is 50.7 Å². The first-order chi connectivity index (χ1) is 3.41. The average Bonchev–Trinajstić information content (AvgIpc) is 1.69. The molecule has 0 aromatic rings. The molecule has 0 aromatic carbocycles. The van der Waals surface area contributed by atoms with Crippen molar-refractivity contribution in [3.8, 4) is 0 Å². The molecule has 0 bridgehead atoms. The smallest absolute Gasteiger partial charge is 0.0610 e. The van der Waals surface area contributed by atoms with Gasteiger partial charge in [0, 0.05) is 0 Å². The lowest BCUT2D eigenvalue weighted by Crippen LogP contribution is -1.81. The number of hydrogen-bond donors (Lipinski definition) is 1. The van der Waals surface area contributed by atoms with Crippen molar-refractivity contribution in [2.45, 2.75) is 26.2 Å². The Morgan fingerprint density at radius 1 is 1.43 bits per heavy atom. The molecule has 0 amide bonds. The summed E-state index contributed by atoms with van der Waals surface area (Å²) < 4.78 is 4.54. The van der Waals surface area contributed by atoms with Crippen LogP contribution in [-0.4, -0.2) is 6.61 Å². The van der Waals surface area contributed by atoms with Gasteiger partial charge in [0.25, 0.3) is 0 Å². The quantitative estimate of drug-likeness (QED) is 0.339. The number of thiol groups is 1. The van der Waals surface area contributed by atoms with E-state index >= 15 is 0 Å². The minimum atomic E-state index is 0.789. The van der Waals surface area contributed by atoms with Crippen LogP contribution in [-0.2, 0) is 4.18 Å². The predicted molar refractivity (Wildman–Crippen MR) is 34.5 cm³/mol. The van der Waals surface area contributed by atoms with Crippen LogP contribution in [0.5, 0.6) is 0 Å². The molecule has 0 unspecified atom stereocenters. The highest BCUT2D eigenvalue weighted by atomic mass is 32.1. The molecule has 0 aliphatic heterocycles. The van der Waals surface area contributed by atoms with Crippen molar-refractivity contribution in [1.82, 2.24) is 0 Å². The Hall–Kier alpha value is 0.310. The summed E-state index contributed by atoms with van der Waals surface area (Å²) in [5, 5.41) is 0. The maximum Gasteiger partial charge on any atom is 0.0610 e. The van der Waals surface area contributed by atoms with Crippen LogP contribution in [0.25, 0.3) is 0 Å². The molecule has 0 aliphatic carbocycles. The van der Waals surface area contributed by atoms with Crippen molar-refractivity contribution in [3.05, 3.63) is 0 Å². The monoisotopic (exact) mass is 120 g/mol. The third-order valence-electron chi connectivity index (χ3n) is 0.839. The lowest BCUT2D eigenvalue weighted by atomic mass is 10.3. The van der Waals surface area contributed by atoms with Crippen LogP contribution in [0.2, 0.25) is 0 Å². The van der Waals surface area contributed by atoms with Gasteiger partial charge in [-0.3, -0.25) is 0 Å². The lowest BCUT2D eigenvalue weighted by molar-refractivity contribution is 0.365. The van der Waals surface area contributed by atoms with Crippen molar-refractivity contribution in [2.75, 3.05) is 6.61 Å². The first-order valence-electron chi connectivity index (χ1n) is 2.68. The highest BCUT2D eigenvalue weighted by molar-refractivity contribution is 7.75. The van der Waals surface area contributed by atoms with Gasteiger partial charge in [-0.05, 0) is 19.3 Å². The molecule has 0 rings (SSSR count). The third kappa shape index (κ3) is 6.31. The van der Waals surface area contributed by atoms with Gasteiger partial charge in [-0.15, -0.1) is 0 Å². The lowest BCUT2D eigenvalue weighted by Gasteiger charge is -1.91. The predicted octanol–water partition coefficient (Wildman–Crippen LogP) is 2.04. The Balaban J connectivity index is 2.45. The molecule has 0 heterocycles. The molecule has 0 saturated heterocycles. The SMILES string of the molecule is CCCCCOS. The van der Waals surface area contributed by atoms with E-state index in [1.165, 1.54) is 12.8 Å². The average molecular weight is 120 g/mol. The molecular formula is C5H12OS. The maximum absolute atomic E-state index is 4.54. The minimum absolute atomic E-state index is 0.789. The molecule has 0 N–H and O–H groups in total. The van der Waals surface area contributed by atoms with Gasteiger partial charge < -0.3 is 4.18 Å². The van der Waals surface area contributed by atoms with E-state index < -0.39 is 0 Å². The van der Waals surface area contributed by atoms with E-state index in [0.29, 0.717) is 0 Å². The summed E-state index contributed by atoms with van der Waals surface area (Å²) in [4.78, 5) is 0. The van der Waals surface area contributed by atoms with Crippen molar-refractivity contribution in [2.24, 2.45) is 0 Å². The van der Waals surface area contributed by atoms with E-state index in [0.717, 1.165) is 13.0 Å². The van der Waals surface area contributed by atoms with Crippen LogP contribution in [0.3, 0.4) is 0 Å². The molecule has 0 radical (unpaired) electrons. The molecule has 44 valence electrons. The van der Waals surface area contributed by atoms with Crippen molar-refractivity contribution < 1.29 is 4.18 Å². The Morgan fingerprint density at radius 2 is 2.14 bits per heavy atom. The fourth-order valence-corrected chi connectivity index (χ4v) is 0.546. The fourth-order valence-electron chi connectivity index (χ4n) is 0.417. The van der Waals surface area contributed by atoms with Crippen LogP contribution in [0.4, 0.5) is 0 Å². The molecule has 0 atom stereocenters. The molecule has 0 fully saturated rings. The van der Waals surface area contributed by atoms with E-state index in [1.54, 1.807) is 0 Å². The van der Waals surface area contributed by atoms with Crippen molar-refractivity contribution in [1.29, 1.82) is 0 Å². The summed E-state index contributed by atoms with van der Waals surface area (Å²) >= 11 is 3.59. The maximum atomic E-state index is 4.54. The van der Waals surface area contributed by atoms with Gasteiger partial charge in [-0.25, -0.2) is 0 Å². The number of hydrogen-bond acceptors (Lipinski definition) is 2. The summed E-state index contributed by atoms with van der Waals surface area (Å²) in [7, 11) is 0. The Morgan fingerprint density at radius 3 is 2.57 bits per heavy atom. The number of rotatable bonds is 4. The second-order valence-electron chi connectivity index (χ2n) is 1.54. The first kappa shape index (κ1) is 7.31. The zero-order valence-corrected chi connectivity index (χ0v) is 5.58. The van der Waals surface area contributed by atoms with Gasteiger partial charge in [0.1, 0.15) is 0 Å². The molecule has 2 heteroatoms. The molecule has 1 nitrogen and oxygen atoms in total. The van der Waals surface area contributed by atoms with Crippen molar-refractivity contribution >= 4 is 12.9 Å². The zero-order valence-electron chi connectivity index (χ0n) is 4.68. The zero-order chi connectivity index (χ0) is 5.54. The van der Waals surface area contributed by atoms with Gasteiger partial charge in [0.2, 0.25) is 0 Å². The molecule has 7 heavy (non-hydrogen) atoms. The largest absolute Gasteiger partial charge is 0.319 e. The standard InChI is InChI=1S/C5H12OS/c1-2-3-4-5-6-7/h7H,2-5H2,1H3. The van der Waals surface area contributed by atoms with Gasteiger partial charge in [0.05, 0.1) is 6.61 Å². The third-order valence-corrected chi connectivity index (χ3v) is 1.02. The summed E-state index contributed by atoms with van der Waals surface area (Å²) in [5.41, 5.74) is 0. The molecule has 0 aromatic heterocycles. The molecule has 0 saturated carbocycles. The fraction of sp³-hybridized carbons (Fsp3) is 1.00. The van der Waals surface area contributed by atoms with E-state index in [2.05, 4.69) is 24.0 Å². The topological polar surface area (TPSA) is 9.23 Å². The van der Waals surface area contributed by atoms with E-state index in [-0.39, 0.29) is 0 Å². The normalized spacial score (nSPS) is 9.43. The highest BCUT2D eigenvalue weighted by Crippen LogP contribution is 1.94. The molecule has 0 spiro atoms. The Bertz CT molecular complexity index is 27.3. The number of unbranched alkanes of at least 4 members (excludes halogenated alkanes) is 2.